The maximum absolute atomic E-state index is 13.5. The third-order valence-electron chi connectivity index (χ3n) is 9.72. The Morgan fingerprint density at radius 2 is 0.923 bits per heavy atom. The highest BCUT2D eigenvalue weighted by molar-refractivity contribution is 7.92. The molecule has 3 heterocycles. The first-order valence-corrected chi connectivity index (χ1v) is 18.4. The van der Waals surface area contributed by atoms with Crippen LogP contribution in [0, 0.1) is 0 Å². The zero-order chi connectivity index (χ0) is 34.8. The second kappa shape index (κ2) is 11.7. The molecule has 2 aromatic heterocycles. The second-order valence-corrected chi connectivity index (χ2v) is 14.7. The predicted molar refractivity (Wildman–Crippen MR) is 205 cm³/mol. The van der Waals surface area contributed by atoms with E-state index in [-0.39, 0.29) is 0 Å². The minimum absolute atomic E-state index is 0.326. The molecule has 9 aromatic rings. The average molecular weight is 690 g/mol. The molecule has 0 amide bonds. The van der Waals surface area contributed by atoms with Gasteiger partial charge in [-0.1, -0.05) is 133 Å². The van der Waals surface area contributed by atoms with E-state index >= 15 is 0 Å². The van der Waals surface area contributed by atoms with E-state index in [2.05, 4.69) is 30.3 Å². The number of benzene rings is 7. The molecule has 7 heteroatoms. The monoisotopic (exact) mass is 689 g/mol. The van der Waals surface area contributed by atoms with Gasteiger partial charge >= 0.3 is 0 Å². The van der Waals surface area contributed by atoms with Crippen molar-refractivity contribution in [3.63, 3.8) is 0 Å². The van der Waals surface area contributed by atoms with Gasteiger partial charge in [-0.15, -0.1) is 0 Å². The van der Waals surface area contributed by atoms with E-state index in [0.717, 1.165) is 60.8 Å². The number of rotatable bonds is 5. The van der Waals surface area contributed by atoms with Gasteiger partial charge in [-0.05, 0) is 52.6 Å². The molecule has 0 atom stereocenters. The quantitative estimate of drug-likeness (QED) is 0.179. The molecule has 7 aromatic carbocycles. The molecule has 0 spiro atoms. The molecule has 0 saturated heterocycles. The van der Waals surface area contributed by atoms with Crippen LogP contribution in [0.4, 0.5) is 0 Å². The fourth-order valence-corrected chi connectivity index (χ4v) is 8.88. The lowest BCUT2D eigenvalue weighted by Gasteiger charge is -2.10. The molecule has 1 aliphatic rings. The number of furan rings is 1. The molecular weight excluding hydrogens is 663 g/mol. The first kappa shape index (κ1) is 30.2. The van der Waals surface area contributed by atoms with Gasteiger partial charge in [0.05, 0.1) is 9.79 Å². The van der Waals surface area contributed by atoms with Crippen LogP contribution in [0.2, 0.25) is 0 Å². The highest BCUT2D eigenvalue weighted by Gasteiger charge is 2.32. The summed E-state index contributed by atoms with van der Waals surface area (Å²) in [5, 5.41) is 1.75. The Hall–Kier alpha value is -6.70. The summed E-state index contributed by atoms with van der Waals surface area (Å²) < 4.78 is 33.4. The van der Waals surface area contributed by atoms with Crippen molar-refractivity contribution in [2.75, 3.05) is 0 Å². The van der Waals surface area contributed by atoms with E-state index in [1.807, 2.05) is 115 Å². The number of aromatic nitrogens is 3. The number of hydrogen-bond acceptors (Lipinski definition) is 6. The van der Waals surface area contributed by atoms with Crippen molar-refractivity contribution in [1.82, 2.24) is 15.0 Å². The van der Waals surface area contributed by atoms with E-state index < -0.39 is 9.84 Å². The summed E-state index contributed by atoms with van der Waals surface area (Å²) in [6, 6.07) is 53.1. The van der Waals surface area contributed by atoms with Gasteiger partial charge in [0.1, 0.15) is 11.2 Å². The van der Waals surface area contributed by atoms with Crippen molar-refractivity contribution in [1.29, 1.82) is 0 Å². The normalized spacial score (nSPS) is 12.9. The molecule has 0 unspecified atom stereocenters. The lowest BCUT2D eigenvalue weighted by molar-refractivity contribution is 0.598. The van der Waals surface area contributed by atoms with Crippen LogP contribution >= 0.6 is 0 Å². The summed E-state index contributed by atoms with van der Waals surface area (Å²) >= 11 is 0. The zero-order valence-corrected chi connectivity index (χ0v) is 28.4. The van der Waals surface area contributed by atoms with Gasteiger partial charge in [-0.25, -0.2) is 23.4 Å². The van der Waals surface area contributed by atoms with Gasteiger partial charge in [0.15, 0.2) is 17.5 Å². The summed E-state index contributed by atoms with van der Waals surface area (Å²) in [6.45, 7) is 0. The second-order valence-electron chi connectivity index (χ2n) is 12.8. The van der Waals surface area contributed by atoms with E-state index in [1.54, 1.807) is 18.2 Å². The number of nitrogens with zero attached hydrogens (tertiary/aromatic N) is 3. The smallest absolute Gasteiger partial charge is 0.207 e. The van der Waals surface area contributed by atoms with Crippen molar-refractivity contribution >= 4 is 31.8 Å². The highest BCUT2D eigenvalue weighted by atomic mass is 32.2. The Bertz CT molecular complexity index is 2960. The van der Waals surface area contributed by atoms with Crippen LogP contribution in [0.5, 0.6) is 0 Å². The van der Waals surface area contributed by atoms with Crippen LogP contribution in [0.1, 0.15) is 0 Å². The van der Waals surface area contributed by atoms with Gasteiger partial charge < -0.3 is 4.42 Å². The van der Waals surface area contributed by atoms with Crippen LogP contribution in [0.25, 0.3) is 89.5 Å². The molecule has 0 bridgehead atoms. The molecule has 0 saturated carbocycles. The highest BCUT2D eigenvalue weighted by Crippen LogP contribution is 2.45. The minimum atomic E-state index is -3.62. The summed E-state index contributed by atoms with van der Waals surface area (Å²) in [4.78, 5) is 15.7. The molecule has 1 aliphatic heterocycles. The third kappa shape index (κ3) is 4.86. The molecule has 10 rings (SSSR count). The fraction of sp³-hybridized carbons (Fsp3) is 0. The van der Waals surface area contributed by atoms with Crippen molar-refractivity contribution in [2.45, 2.75) is 9.79 Å². The summed E-state index contributed by atoms with van der Waals surface area (Å²) in [5.41, 5.74) is 9.37. The molecule has 0 aliphatic carbocycles. The molecule has 52 heavy (non-hydrogen) atoms. The minimum Gasteiger partial charge on any atom is -0.456 e. The molecule has 246 valence electrons. The molecule has 6 nitrogen and oxygen atoms in total. The Morgan fingerprint density at radius 3 is 1.69 bits per heavy atom. The molecule has 0 radical (unpaired) electrons. The molecule has 0 fully saturated rings. The van der Waals surface area contributed by atoms with Gasteiger partial charge in [0.2, 0.25) is 9.84 Å². The van der Waals surface area contributed by atoms with Gasteiger partial charge in [0, 0.05) is 38.6 Å². The van der Waals surface area contributed by atoms with E-state index in [4.69, 9.17) is 19.4 Å². The van der Waals surface area contributed by atoms with E-state index in [9.17, 15) is 8.42 Å². The van der Waals surface area contributed by atoms with Crippen molar-refractivity contribution in [2.24, 2.45) is 0 Å². The Kier molecular flexibility index (Phi) is 6.78. The van der Waals surface area contributed by atoms with Crippen LogP contribution in [-0.2, 0) is 9.84 Å². The van der Waals surface area contributed by atoms with Crippen molar-refractivity contribution in [3.8, 4) is 67.5 Å². The first-order valence-electron chi connectivity index (χ1n) is 16.9. The first-order chi connectivity index (χ1) is 25.5. The zero-order valence-electron chi connectivity index (χ0n) is 27.6. The Balaban J connectivity index is 1.12. The maximum Gasteiger partial charge on any atom is 0.207 e. The summed E-state index contributed by atoms with van der Waals surface area (Å²) in [5.74, 6) is 1.66. The number of fused-ring (bicyclic) bond motifs is 6. The van der Waals surface area contributed by atoms with E-state index in [0.29, 0.717) is 38.4 Å². The van der Waals surface area contributed by atoms with Crippen molar-refractivity contribution < 1.29 is 12.8 Å². The average Bonchev–Trinajstić information content (AvgIpc) is 3.70. The van der Waals surface area contributed by atoms with Gasteiger partial charge in [0.25, 0.3) is 0 Å². The SMILES string of the molecule is O=S1(=O)c2ccccc2-c2ccc(-c3ccc4oc5cccc(-c6nc(-c7ccccc7)nc(-c7ccc(-c8ccccc8)cc7)n6)c5c4c3)cc21. The van der Waals surface area contributed by atoms with Crippen molar-refractivity contribution in [3.05, 3.63) is 164 Å². The topological polar surface area (TPSA) is 86.0 Å². The molecule has 0 N–H and O–H groups in total. The lowest BCUT2D eigenvalue weighted by atomic mass is 9.98. The summed E-state index contributed by atoms with van der Waals surface area (Å²) in [7, 11) is -3.62. The van der Waals surface area contributed by atoms with Crippen LogP contribution in [-0.4, -0.2) is 23.4 Å². The standard InChI is InChI=1S/C45H27N3O3S/c49-52(50)40-17-8-7-14-34(40)35-24-22-33(27-41(35)52)32-23-25-38-37(26-32)42-36(15-9-16-39(42)51-38)45-47-43(30-12-5-2-6-13-30)46-44(48-45)31-20-18-29(19-21-31)28-10-3-1-4-11-28/h1-27H. The Labute approximate surface area is 299 Å². The van der Waals surface area contributed by atoms with E-state index in [1.165, 1.54) is 0 Å². The van der Waals surface area contributed by atoms with Gasteiger partial charge in [-0.3, -0.25) is 0 Å². The largest absolute Gasteiger partial charge is 0.456 e. The summed E-state index contributed by atoms with van der Waals surface area (Å²) in [6.07, 6.45) is 0. The maximum atomic E-state index is 13.5. The van der Waals surface area contributed by atoms with Gasteiger partial charge in [-0.2, -0.15) is 0 Å². The Morgan fingerprint density at radius 1 is 0.385 bits per heavy atom. The number of sulfone groups is 1. The van der Waals surface area contributed by atoms with Crippen LogP contribution in [0.3, 0.4) is 0 Å². The van der Waals surface area contributed by atoms with Crippen LogP contribution in [0.15, 0.2) is 178 Å². The third-order valence-corrected chi connectivity index (χ3v) is 11.6. The molecular formula is C45H27N3O3S. The lowest BCUT2D eigenvalue weighted by Crippen LogP contribution is -2.00. The number of hydrogen-bond donors (Lipinski definition) is 0. The fourth-order valence-electron chi connectivity index (χ4n) is 7.17. The predicted octanol–water partition coefficient (Wildman–Crippen LogP) is 10.9. The van der Waals surface area contributed by atoms with Crippen LogP contribution < -0.4 is 0 Å².